The van der Waals surface area contributed by atoms with Crippen LogP contribution in [0.1, 0.15) is 39.3 Å². The van der Waals surface area contributed by atoms with E-state index in [0.29, 0.717) is 13.1 Å². The second-order valence-corrected chi connectivity index (χ2v) is 7.07. The summed E-state index contributed by atoms with van der Waals surface area (Å²) < 4.78 is 11.0. The fourth-order valence-corrected chi connectivity index (χ4v) is 2.81. The maximum atomic E-state index is 12.2. The normalized spacial score (nSPS) is 22.9. The van der Waals surface area contributed by atoms with Gasteiger partial charge in [-0.3, -0.25) is 0 Å². The van der Waals surface area contributed by atoms with Crippen molar-refractivity contribution in [2.45, 2.75) is 51.5 Å². The molecule has 2 rings (SSSR count). The summed E-state index contributed by atoms with van der Waals surface area (Å²) in [4.78, 5) is 14.0. The fraction of sp³-hybridized carbons (Fsp3) is 0.611. The molecule has 23 heavy (non-hydrogen) atoms. The van der Waals surface area contributed by atoms with Gasteiger partial charge >= 0.3 is 6.09 Å². The predicted octanol–water partition coefficient (Wildman–Crippen LogP) is 2.97. The first-order valence-corrected chi connectivity index (χ1v) is 8.12. The summed E-state index contributed by atoms with van der Waals surface area (Å²) in [5, 5.41) is 3.57. The van der Waals surface area contributed by atoms with Gasteiger partial charge in [-0.15, -0.1) is 0 Å². The van der Waals surface area contributed by atoms with Crippen molar-refractivity contribution in [2.75, 3.05) is 20.2 Å². The minimum atomic E-state index is -0.484. The van der Waals surface area contributed by atoms with Gasteiger partial charge in [0.05, 0.1) is 18.7 Å². The van der Waals surface area contributed by atoms with Crippen LogP contribution in [-0.4, -0.2) is 48.9 Å². The zero-order chi connectivity index (χ0) is 17.0. The monoisotopic (exact) mass is 320 g/mol. The topological polar surface area (TPSA) is 50.8 Å². The Morgan fingerprint density at radius 3 is 2.48 bits per heavy atom. The lowest BCUT2D eigenvalue weighted by Gasteiger charge is -2.25. The van der Waals surface area contributed by atoms with Gasteiger partial charge in [0.25, 0.3) is 0 Å². The molecule has 1 amide bonds. The number of carbonyl (C=O) groups excluding carboxylic acids is 1. The third-order valence-corrected chi connectivity index (χ3v) is 3.98. The molecule has 1 saturated heterocycles. The van der Waals surface area contributed by atoms with Gasteiger partial charge in [0.15, 0.2) is 0 Å². The molecule has 0 aliphatic carbocycles. The summed E-state index contributed by atoms with van der Waals surface area (Å²) in [6.07, 6.45) is -0.315. The van der Waals surface area contributed by atoms with E-state index in [1.165, 1.54) is 5.56 Å². The number of ether oxygens (including phenoxy) is 2. The van der Waals surface area contributed by atoms with E-state index in [4.69, 9.17) is 9.47 Å². The van der Waals surface area contributed by atoms with Gasteiger partial charge in [-0.25, -0.2) is 4.79 Å². The molecule has 1 N–H and O–H groups in total. The maximum Gasteiger partial charge on any atom is 0.410 e. The summed E-state index contributed by atoms with van der Waals surface area (Å²) in [6.45, 7) is 8.89. The van der Waals surface area contributed by atoms with Crippen molar-refractivity contribution >= 4 is 6.09 Å². The maximum absolute atomic E-state index is 12.2. The van der Waals surface area contributed by atoms with Gasteiger partial charge < -0.3 is 19.7 Å². The van der Waals surface area contributed by atoms with E-state index in [0.717, 1.165) is 0 Å². The molecule has 3 atom stereocenters. The number of rotatable bonds is 4. The van der Waals surface area contributed by atoms with Crippen LogP contribution in [-0.2, 0) is 9.47 Å². The zero-order valence-corrected chi connectivity index (χ0v) is 14.7. The average Bonchev–Trinajstić information content (AvgIpc) is 2.89. The lowest BCUT2D eigenvalue weighted by atomic mass is 10.1. The second kappa shape index (κ2) is 7.32. The molecule has 0 bridgehead atoms. The highest BCUT2D eigenvalue weighted by Crippen LogP contribution is 2.20. The number of hydrogen-bond donors (Lipinski definition) is 1. The molecule has 0 spiro atoms. The molecule has 1 aromatic rings. The molecule has 1 aromatic carbocycles. The smallest absolute Gasteiger partial charge is 0.410 e. The SMILES string of the molecule is CO[C@H]1CN(C(=O)OC(C)(C)C)CC1NC(C)c1ccccc1. The molecule has 2 unspecified atom stereocenters. The van der Waals surface area contributed by atoms with E-state index < -0.39 is 5.60 Å². The van der Waals surface area contributed by atoms with E-state index >= 15 is 0 Å². The van der Waals surface area contributed by atoms with E-state index in [1.54, 1.807) is 12.0 Å². The van der Waals surface area contributed by atoms with Crippen LogP contribution in [0, 0.1) is 0 Å². The number of hydrogen-bond acceptors (Lipinski definition) is 4. The van der Waals surface area contributed by atoms with E-state index in [2.05, 4.69) is 24.4 Å². The molecule has 1 fully saturated rings. The minimum absolute atomic E-state index is 0.0336. The highest BCUT2D eigenvalue weighted by Gasteiger charge is 2.37. The van der Waals surface area contributed by atoms with Gasteiger partial charge in [0.1, 0.15) is 5.60 Å². The van der Waals surface area contributed by atoms with Gasteiger partial charge in [-0.2, -0.15) is 0 Å². The van der Waals surface area contributed by atoms with Crippen molar-refractivity contribution in [3.8, 4) is 0 Å². The Hall–Kier alpha value is -1.59. The summed E-state index contributed by atoms with van der Waals surface area (Å²) >= 11 is 0. The lowest BCUT2D eigenvalue weighted by Crippen LogP contribution is -2.41. The molecule has 128 valence electrons. The van der Waals surface area contributed by atoms with Crippen molar-refractivity contribution in [2.24, 2.45) is 0 Å². The third kappa shape index (κ3) is 4.94. The Kier molecular flexibility index (Phi) is 5.65. The number of nitrogens with zero attached hydrogens (tertiary/aromatic N) is 1. The van der Waals surface area contributed by atoms with Crippen LogP contribution in [0.4, 0.5) is 4.79 Å². The van der Waals surface area contributed by atoms with Crippen LogP contribution in [0.2, 0.25) is 0 Å². The van der Waals surface area contributed by atoms with Crippen LogP contribution in [0.25, 0.3) is 0 Å². The summed E-state index contributed by atoms with van der Waals surface area (Å²) in [5.74, 6) is 0. The molecule has 5 nitrogen and oxygen atoms in total. The number of methoxy groups -OCH3 is 1. The molecular formula is C18H28N2O3. The molecule has 1 aliphatic heterocycles. The first kappa shape index (κ1) is 17.8. The third-order valence-electron chi connectivity index (χ3n) is 3.98. The predicted molar refractivity (Wildman–Crippen MR) is 90.4 cm³/mol. The van der Waals surface area contributed by atoms with Crippen LogP contribution in [0.3, 0.4) is 0 Å². The van der Waals surface area contributed by atoms with Gasteiger partial charge in [0, 0.05) is 19.7 Å². The quantitative estimate of drug-likeness (QED) is 0.926. The number of nitrogens with one attached hydrogen (secondary N) is 1. The van der Waals surface area contributed by atoms with Gasteiger partial charge in [-0.1, -0.05) is 30.3 Å². The Labute approximate surface area is 139 Å². The van der Waals surface area contributed by atoms with E-state index in [9.17, 15) is 4.79 Å². The van der Waals surface area contributed by atoms with Crippen LogP contribution < -0.4 is 5.32 Å². The van der Waals surface area contributed by atoms with Crippen LogP contribution in [0.15, 0.2) is 30.3 Å². The van der Waals surface area contributed by atoms with Crippen molar-refractivity contribution < 1.29 is 14.3 Å². The van der Waals surface area contributed by atoms with Crippen molar-refractivity contribution in [1.82, 2.24) is 10.2 Å². The first-order chi connectivity index (χ1) is 10.8. The van der Waals surface area contributed by atoms with Gasteiger partial charge in [0.2, 0.25) is 0 Å². The van der Waals surface area contributed by atoms with Crippen LogP contribution >= 0.6 is 0 Å². The Bertz CT molecular complexity index is 513. The first-order valence-electron chi connectivity index (χ1n) is 8.12. The van der Waals surface area contributed by atoms with E-state index in [-0.39, 0.29) is 24.3 Å². The molecule has 0 radical (unpaired) electrons. The molecule has 1 aliphatic rings. The number of benzene rings is 1. The molecule has 0 saturated carbocycles. The standard InChI is InChI=1S/C18H28N2O3/c1-13(14-9-7-6-8-10-14)19-15-11-20(12-16(15)22-5)17(21)23-18(2,3)4/h6-10,13,15-16,19H,11-12H2,1-5H3/t13?,15?,16-/m0/s1. The Morgan fingerprint density at radius 2 is 1.91 bits per heavy atom. The second-order valence-electron chi connectivity index (χ2n) is 7.07. The fourth-order valence-electron chi connectivity index (χ4n) is 2.81. The summed E-state index contributed by atoms with van der Waals surface area (Å²) in [5.41, 5.74) is 0.737. The highest BCUT2D eigenvalue weighted by atomic mass is 16.6. The lowest BCUT2D eigenvalue weighted by molar-refractivity contribution is 0.0252. The largest absolute Gasteiger partial charge is 0.444 e. The summed E-state index contributed by atoms with van der Waals surface area (Å²) in [6, 6.07) is 10.5. The molecule has 5 heteroatoms. The van der Waals surface area contributed by atoms with Gasteiger partial charge in [-0.05, 0) is 33.3 Å². The molecule has 1 heterocycles. The zero-order valence-electron chi connectivity index (χ0n) is 14.7. The number of amides is 1. The Morgan fingerprint density at radius 1 is 1.26 bits per heavy atom. The van der Waals surface area contributed by atoms with E-state index in [1.807, 2.05) is 39.0 Å². The van der Waals surface area contributed by atoms with Crippen LogP contribution in [0.5, 0.6) is 0 Å². The average molecular weight is 320 g/mol. The highest BCUT2D eigenvalue weighted by molar-refractivity contribution is 5.68. The molecular weight excluding hydrogens is 292 g/mol. The van der Waals surface area contributed by atoms with Crippen molar-refractivity contribution in [1.29, 1.82) is 0 Å². The number of carbonyl (C=O) groups is 1. The molecule has 0 aromatic heterocycles. The minimum Gasteiger partial charge on any atom is -0.444 e. The van der Waals surface area contributed by atoms with Crippen molar-refractivity contribution in [3.05, 3.63) is 35.9 Å². The Balaban J connectivity index is 1.98. The van der Waals surface area contributed by atoms with Crippen molar-refractivity contribution in [3.63, 3.8) is 0 Å². The number of likely N-dealkylation sites (tertiary alicyclic amines) is 1. The summed E-state index contributed by atoms with van der Waals surface area (Å²) in [7, 11) is 1.69.